The van der Waals surface area contributed by atoms with Crippen molar-refractivity contribution in [3.8, 4) is 0 Å². The zero-order chi connectivity index (χ0) is 11.7. The van der Waals surface area contributed by atoms with Crippen molar-refractivity contribution in [3.63, 3.8) is 0 Å². The Bertz CT molecular complexity index is 499. The molecule has 0 radical (unpaired) electrons. The van der Waals surface area contributed by atoms with E-state index in [9.17, 15) is 0 Å². The molecule has 2 aromatic rings. The minimum Gasteiger partial charge on any atom is -0.127 e. The zero-order valence-corrected chi connectivity index (χ0v) is 13.4. The maximum Gasteiger partial charge on any atom is 0.0754 e. The van der Waals surface area contributed by atoms with Gasteiger partial charge in [-0.25, -0.2) is 0 Å². The molecule has 0 bridgehead atoms. The Morgan fingerprint density at radius 3 is 1.56 bits per heavy atom. The first-order chi connectivity index (χ1) is 7.69. The molecule has 4 heteroatoms. The molecule has 0 amide bonds. The molecule has 0 saturated heterocycles. The van der Waals surface area contributed by atoms with Crippen molar-refractivity contribution in [3.05, 3.63) is 44.0 Å². The second kappa shape index (κ2) is 5.17. The van der Waals surface area contributed by atoms with Crippen LogP contribution < -0.4 is 0 Å². The Hall–Kier alpha value is 0.1000. The molecule has 0 nitrogen and oxygen atoms in total. The Morgan fingerprint density at radius 1 is 0.875 bits per heavy atom. The lowest BCUT2D eigenvalue weighted by Gasteiger charge is -1.92. The standard InChI is InChI=1S/C12H10Br2S2/c1-3-5-7-9-10(16-11(7)13)8(6-4-2)12(14)15-9/h3-4H,1-2,5-6H2. The molecule has 84 valence electrons. The van der Waals surface area contributed by atoms with Crippen molar-refractivity contribution in [1.29, 1.82) is 0 Å². The molecule has 0 spiro atoms. The van der Waals surface area contributed by atoms with E-state index in [4.69, 9.17) is 0 Å². The maximum absolute atomic E-state index is 3.81. The molecule has 0 aliphatic carbocycles. The summed E-state index contributed by atoms with van der Waals surface area (Å²) in [4.78, 5) is 0. The first-order valence-electron chi connectivity index (χ1n) is 4.78. The number of rotatable bonds is 4. The molecule has 0 N–H and O–H groups in total. The van der Waals surface area contributed by atoms with Crippen LogP contribution in [-0.2, 0) is 12.8 Å². The van der Waals surface area contributed by atoms with Gasteiger partial charge < -0.3 is 0 Å². The van der Waals surface area contributed by atoms with Gasteiger partial charge in [0.2, 0.25) is 0 Å². The van der Waals surface area contributed by atoms with Crippen LogP contribution >= 0.6 is 54.5 Å². The highest BCUT2D eigenvalue weighted by Crippen LogP contribution is 2.46. The monoisotopic (exact) mass is 376 g/mol. The van der Waals surface area contributed by atoms with E-state index in [-0.39, 0.29) is 0 Å². The van der Waals surface area contributed by atoms with Crippen molar-refractivity contribution in [1.82, 2.24) is 0 Å². The third-order valence-corrected chi connectivity index (χ3v) is 6.53. The Kier molecular flexibility index (Phi) is 4.06. The van der Waals surface area contributed by atoms with Gasteiger partial charge in [0.1, 0.15) is 0 Å². The van der Waals surface area contributed by atoms with E-state index in [0.29, 0.717) is 0 Å². The van der Waals surface area contributed by atoms with Gasteiger partial charge in [-0.2, -0.15) is 0 Å². The SMILES string of the molecule is C=CCc1c(Br)sc2c(CC=C)c(Br)sc12. The summed E-state index contributed by atoms with van der Waals surface area (Å²) in [7, 11) is 0. The van der Waals surface area contributed by atoms with Crippen molar-refractivity contribution in [2.24, 2.45) is 0 Å². The lowest BCUT2D eigenvalue weighted by Crippen LogP contribution is -1.75. The maximum atomic E-state index is 3.81. The van der Waals surface area contributed by atoms with Crippen LogP contribution in [0.4, 0.5) is 0 Å². The highest BCUT2D eigenvalue weighted by atomic mass is 79.9. The summed E-state index contributed by atoms with van der Waals surface area (Å²) in [6.07, 6.45) is 5.74. The first kappa shape index (κ1) is 12.6. The zero-order valence-electron chi connectivity index (χ0n) is 8.56. The molecule has 0 fully saturated rings. The summed E-state index contributed by atoms with van der Waals surface area (Å²) in [5.41, 5.74) is 2.71. The fourth-order valence-electron chi connectivity index (χ4n) is 1.61. The lowest BCUT2D eigenvalue weighted by atomic mass is 10.2. The topological polar surface area (TPSA) is 0 Å². The molecule has 0 aliphatic heterocycles. The summed E-state index contributed by atoms with van der Waals surface area (Å²) < 4.78 is 5.21. The number of thiophene rings is 2. The third-order valence-electron chi connectivity index (χ3n) is 2.31. The van der Waals surface area contributed by atoms with Crippen LogP contribution in [0, 0.1) is 0 Å². The number of allylic oxidation sites excluding steroid dienone is 2. The van der Waals surface area contributed by atoms with Crippen LogP contribution in [0.3, 0.4) is 0 Å². The van der Waals surface area contributed by atoms with E-state index in [2.05, 4.69) is 45.0 Å². The lowest BCUT2D eigenvalue weighted by molar-refractivity contribution is 1.32. The van der Waals surface area contributed by atoms with Crippen LogP contribution in [0.2, 0.25) is 0 Å². The number of fused-ring (bicyclic) bond motifs is 1. The van der Waals surface area contributed by atoms with Gasteiger partial charge in [-0.3, -0.25) is 0 Å². The predicted octanol–water partition coefficient (Wildman–Crippen LogP) is 5.94. The van der Waals surface area contributed by atoms with Gasteiger partial charge in [-0.15, -0.1) is 35.8 Å². The van der Waals surface area contributed by atoms with Gasteiger partial charge in [-0.05, 0) is 55.8 Å². The molecule has 0 atom stereocenters. The van der Waals surface area contributed by atoms with E-state index in [1.54, 1.807) is 0 Å². The van der Waals surface area contributed by atoms with E-state index in [0.717, 1.165) is 12.8 Å². The first-order valence-corrected chi connectivity index (χ1v) is 8.00. The van der Waals surface area contributed by atoms with Crippen LogP contribution in [0.25, 0.3) is 9.40 Å². The second-order valence-electron chi connectivity index (χ2n) is 3.35. The summed E-state index contributed by atoms with van der Waals surface area (Å²) in [5, 5.41) is 0. The fourth-order valence-corrected chi connectivity index (χ4v) is 5.96. The minimum atomic E-state index is 0.918. The molecule has 0 aliphatic rings. The minimum absolute atomic E-state index is 0.918. The summed E-state index contributed by atoms with van der Waals surface area (Å²) in [6.45, 7) is 7.62. The quantitative estimate of drug-likeness (QED) is 0.578. The average Bonchev–Trinajstić information content (AvgIpc) is 2.69. The van der Waals surface area contributed by atoms with E-state index in [1.807, 2.05) is 34.8 Å². The van der Waals surface area contributed by atoms with Gasteiger partial charge >= 0.3 is 0 Å². The molecule has 0 saturated carbocycles. The van der Waals surface area contributed by atoms with Crippen LogP contribution in [0.1, 0.15) is 11.1 Å². The summed E-state index contributed by atoms with van der Waals surface area (Å²) in [6, 6.07) is 0. The van der Waals surface area contributed by atoms with E-state index >= 15 is 0 Å². The molecular weight excluding hydrogens is 368 g/mol. The van der Waals surface area contributed by atoms with Gasteiger partial charge in [-0.1, -0.05) is 12.2 Å². The van der Waals surface area contributed by atoms with E-state index in [1.165, 1.54) is 28.1 Å². The predicted molar refractivity (Wildman–Crippen MR) is 82.9 cm³/mol. The molecule has 2 heterocycles. The van der Waals surface area contributed by atoms with Crippen molar-refractivity contribution >= 4 is 63.9 Å². The molecule has 0 aromatic carbocycles. The van der Waals surface area contributed by atoms with Gasteiger partial charge in [0.05, 0.1) is 17.0 Å². The smallest absolute Gasteiger partial charge is 0.0754 e. The second-order valence-corrected chi connectivity index (χ2v) is 8.03. The fraction of sp³-hybridized carbons (Fsp3) is 0.167. The number of hydrogen-bond donors (Lipinski definition) is 0. The van der Waals surface area contributed by atoms with Crippen LogP contribution in [0.15, 0.2) is 32.9 Å². The van der Waals surface area contributed by atoms with Crippen molar-refractivity contribution < 1.29 is 0 Å². The highest BCUT2D eigenvalue weighted by Gasteiger charge is 2.17. The van der Waals surface area contributed by atoms with Gasteiger partial charge in [0.25, 0.3) is 0 Å². The Morgan fingerprint density at radius 2 is 1.25 bits per heavy atom. The summed E-state index contributed by atoms with van der Waals surface area (Å²) >= 11 is 10.9. The van der Waals surface area contributed by atoms with Crippen LogP contribution in [0.5, 0.6) is 0 Å². The summed E-state index contributed by atoms with van der Waals surface area (Å²) in [5.74, 6) is 0. The van der Waals surface area contributed by atoms with Crippen molar-refractivity contribution in [2.75, 3.05) is 0 Å². The highest BCUT2D eigenvalue weighted by molar-refractivity contribution is 9.11. The molecule has 2 rings (SSSR count). The Balaban J connectivity index is 2.66. The third kappa shape index (κ3) is 2.08. The van der Waals surface area contributed by atoms with Crippen molar-refractivity contribution in [2.45, 2.75) is 12.8 Å². The van der Waals surface area contributed by atoms with Gasteiger partial charge in [0.15, 0.2) is 0 Å². The van der Waals surface area contributed by atoms with E-state index < -0.39 is 0 Å². The number of hydrogen-bond acceptors (Lipinski definition) is 2. The molecule has 2 aromatic heterocycles. The molecule has 16 heavy (non-hydrogen) atoms. The molecule has 0 unspecified atom stereocenters. The average molecular weight is 378 g/mol. The normalized spacial score (nSPS) is 10.9. The Labute approximate surface area is 120 Å². The van der Waals surface area contributed by atoms with Gasteiger partial charge in [0, 0.05) is 0 Å². The largest absolute Gasteiger partial charge is 0.127 e. The number of halogens is 2. The van der Waals surface area contributed by atoms with Crippen LogP contribution in [-0.4, -0.2) is 0 Å². The molecular formula is C12H10Br2S2.